The molecule has 0 atom stereocenters. The predicted molar refractivity (Wildman–Crippen MR) is 180 cm³/mol. The summed E-state index contributed by atoms with van der Waals surface area (Å²) >= 11 is 0. The molecule has 8 aliphatic carbocycles. The van der Waals surface area contributed by atoms with E-state index >= 15 is 0 Å². The van der Waals surface area contributed by atoms with Gasteiger partial charge in [0.25, 0.3) is 0 Å². The number of carbonyl (C=O) groups is 2. The van der Waals surface area contributed by atoms with Crippen LogP contribution in [0, 0.1) is 35.5 Å². The molecule has 0 heterocycles. The number of ketones is 2. The van der Waals surface area contributed by atoms with E-state index in [0.717, 1.165) is 47.7 Å². The fourth-order valence-electron chi connectivity index (χ4n) is 10.1. The first-order valence-corrected chi connectivity index (χ1v) is 17.3. The molecule has 8 fully saturated rings. The van der Waals surface area contributed by atoms with E-state index in [9.17, 15) is 19.8 Å². The van der Waals surface area contributed by atoms with Gasteiger partial charge in [0.05, 0.1) is 0 Å². The summed E-state index contributed by atoms with van der Waals surface area (Å²) < 4.78 is 0. The predicted octanol–water partition coefficient (Wildman–Crippen LogP) is 5.78. The summed E-state index contributed by atoms with van der Waals surface area (Å²) in [5.74, 6) is 5.21. The molecule has 0 aliphatic heterocycles. The second-order valence-corrected chi connectivity index (χ2v) is 15.5. The SMILES string of the molecule is CC(=O)/C=C(\[O-])c1ccccc1.CC(=O)/C=C(\[O-])c1ccccc1.NC12CC3CC(CC(C3)C1)C2.NC12CC3CC(CC(C3)C1)C2.[Ni+2]. The normalized spacial score (nSPS) is 34.0. The maximum atomic E-state index is 11.2. The number of hydrogen-bond donors (Lipinski definition) is 2. The molecule has 0 spiro atoms. The van der Waals surface area contributed by atoms with Gasteiger partial charge in [-0.15, -0.1) is 0 Å². The molecule has 0 unspecified atom stereocenters. The van der Waals surface area contributed by atoms with Crippen LogP contribution in [0.25, 0.3) is 11.5 Å². The summed E-state index contributed by atoms with van der Waals surface area (Å²) in [6.45, 7) is 2.72. The monoisotopic (exact) mass is 682 g/mol. The van der Waals surface area contributed by atoms with E-state index in [1.807, 2.05) is 12.1 Å². The number of rotatable bonds is 4. The minimum absolute atomic E-state index is 0. The molecule has 47 heavy (non-hydrogen) atoms. The Morgan fingerprint density at radius 2 is 0.787 bits per heavy atom. The summed E-state index contributed by atoms with van der Waals surface area (Å²) in [6.07, 6.45) is 19.3. The average molecular weight is 684 g/mol. The molecular formula is C40H52N2NiO4. The second-order valence-electron chi connectivity index (χ2n) is 15.5. The first kappa shape index (κ1) is 37.1. The molecule has 7 heteroatoms. The van der Waals surface area contributed by atoms with Crippen molar-refractivity contribution < 1.29 is 36.3 Å². The molecule has 256 valence electrons. The molecule has 0 saturated heterocycles. The zero-order valence-electron chi connectivity index (χ0n) is 28.0. The van der Waals surface area contributed by atoms with Crippen molar-refractivity contribution in [2.24, 2.45) is 47.0 Å². The standard InChI is InChI=1S/2C10H17N.2C10H10O2.Ni/c2*11-10-4-7-1-8(5-10)3-9(2-7)6-10;2*1-8(11)7-10(12)9-5-3-2-4-6-9;/h2*7-9H,1-6,11H2;2*2-7,12H,1H3;/q;;;;+2/p-2/b;;2*10-7-;. The van der Waals surface area contributed by atoms with Crippen molar-refractivity contribution in [1.29, 1.82) is 0 Å². The third-order valence-corrected chi connectivity index (χ3v) is 11.0. The molecule has 0 aromatic heterocycles. The molecule has 2 aromatic rings. The Morgan fingerprint density at radius 3 is 0.979 bits per heavy atom. The van der Waals surface area contributed by atoms with Crippen molar-refractivity contribution in [3.63, 3.8) is 0 Å². The largest absolute Gasteiger partial charge is 2.00 e. The number of carbonyl (C=O) groups excluding carboxylic acids is 2. The van der Waals surface area contributed by atoms with Crippen molar-refractivity contribution in [3.05, 3.63) is 83.9 Å². The maximum Gasteiger partial charge on any atom is 2.00 e. The van der Waals surface area contributed by atoms with Gasteiger partial charge in [0, 0.05) is 11.1 Å². The number of nitrogens with two attached hydrogens (primary N) is 2. The summed E-state index contributed by atoms with van der Waals surface area (Å²) in [5, 5.41) is 22.4. The van der Waals surface area contributed by atoms with Crippen molar-refractivity contribution in [3.8, 4) is 0 Å². The maximum absolute atomic E-state index is 11.2. The second kappa shape index (κ2) is 16.1. The van der Waals surface area contributed by atoms with Crippen molar-refractivity contribution in [2.75, 3.05) is 0 Å². The van der Waals surface area contributed by atoms with Crippen LogP contribution in [0.2, 0.25) is 0 Å². The fourth-order valence-corrected chi connectivity index (χ4v) is 10.1. The molecule has 0 radical (unpaired) electrons. The van der Waals surface area contributed by atoms with Gasteiger partial charge in [-0.1, -0.05) is 72.2 Å². The molecular weight excluding hydrogens is 631 g/mol. The van der Waals surface area contributed by atoms with Gasteiger partial charge in [-0.3, -0.25) is 9.59 Å². The molecule has 0 amide bonds. The van der Waals surface area contributed by atoms with Gasteiger partial charge in [0.1, 0.15) is 0 Å². The Kier molecular flexibility index (Phi) is 12.7. The van der Waals surface area contributed by atoms with Gasteiger partial charge < -0.3 is 21.7 Å². The van der Waals surface area contributed by atoms with E-state index in [4.69, 9.17) is 11.5 Å². The van der Waals surface area contributed by atoms with E-state index in [1.165, 1.54) is 90.9 Å². The zero-order chi connectivity index (χ0) is 32.9. The summed E-state index contributed by atoms with van der Waals surface area (Å²) in [6, 6.07) is 17.4. The van der Waals surface area contributed by atoms with Crippen molar-refractivity contribution >= 4 is 23.1 Å². The van der Waals surface area contributed by atoms with E-state index in [-0.39, 0.29) is 39.6 Å². The summed E-state index contributed by atoms with van der Waals surface area (Å²) in [4.78, 5) is 21.1. The third kappa shape index (κ3) is 10.6. The van der Waals surface area contributed by atoms with Crippen molar-refractivity contribution in [2.45, 2.75) is 102 Å². The van der Waals surface area contributed by atoms with Crippen LogP contribution in [-0.2, 0) is 26.1 Å². The van der Waals surface area contributed by atoms with Gasteiger partial charge in [-0.05, 0) is 150 Å². The molecule has 8 saturated carbocycles. The Balaban J connectivity index is 0.000000141. The molecule has 8 bridgehead atoms. The van der Waals surface area contributed by atoms with Crippen LogP contribution >= 0.6 is 0 Å². The summed E-state index contributed by atoms with van der Waals surface area (Å²) in [7, 11) is 0. The van der Waals surface area contributed by atoms with Crippen LogP contribution in [0.15, 0.2) is 72.8 Å². The zero-order valence-corrected chi connectivity index (χ0v) is 29.0. The first-order chi connectivity index (χ1) is 21.9. The van der Waals surface area contributed by atoms with Gasteiger partial charge in [0.15, 0.2) is 11.6 Å². The topological polar surface area (TPSA) is 132 Å². The van der Waals surface area contributed by atoms with Crippen LogP contribution in [0.1, 0.15) is 102 Å². The molecule has 2 aromatic carbocycles. The quantitative estimate of drug-likeness (QED) is 0.239. The van der Waals surface area contributed by atoms with E-state index < -0.39 is 0 Å². The average Bonchev–Trinajstić information content (AvgIpc) is 2.96. The minimum atomic E-state index is -0.233. The van der Waals surface area contributed by atoms with Crippen LogP contribution in [0.4, 0.5) is 0 Å². The van der Waals surface area contributed by atoms with Gasteiger partial charge in [-0.25, -0.2) is 0 Å². The number of benzene rings is 2. The molecule has 4 N–H and O–H groups in total. The van der Waals surface area contributed by atoms with E-state index in [0.29, 0.717) is 22.2 Å². The minimum Gasteiger partial charge on any atom is -0.872 e. The Hall–Kier alpha value is -2.73. The van der Waals surface area contributed by atoms with Crippen LogP contribution < -0.4 is 21.7 Å². The first-order valence-electron chi connectivity index (χ1n) is 17.3. The van der Waals surface area contributed by atoms with E-state index in [2.05, 4.69) is 0 Å². The smallest absolute Gasteiger partial charge is 0.872 e. The Morgan fingerprint density at radius 1 is 0.553 bits per heavy atom. The van der Waals surface area contributed by atoms with Crippen molar-refractivity contribution in [1.82, 2.24) is 0 Å². The number of hydrogen-bond acceptors (Lipinski definition) is 6. The number of allylic oxidation sites excluding steroid dienone is 2. The molecule has 6 nitrogen and oxygen atoms in total. The molecule has 8 aliphatic rings. The van der Waals surface area contributed by atoms with Gasteiger partial charge in [0.2, 0.25) is 0 Å². The third-order valence-electron chi connectivity index (χ3n) is 11.0. The summed E-state index contributed by atoms with van der Waals surface area (Å²) in [5.41, 5.74) is 14.3. The van der Waals surface area contributed by atoms with Crippen LogP contribution in [0.3, 0.4) is 0 Å². The Bertz CT molecular complexity index is 1230. The van der Waals surface area contributed by atoms with Crippen LogP contribution in [-0.4, -0.2) is 22.6 Å². The fraction of sp³-hybridized carbons (Fsp3) is 0.550. The van der Waals surface area contributed by atoms with E-state index in [1.54, 1.807) is 48.5 Å². The van der Waals surface area contributed by atoms with Gasteiger partial charge in [-0.2, -0.15) is 0 Å². The molecule has 10 rings (SSSR count). The van der Waals surface area contributed by atoms with Crippen LogP contribution in [0.5, 0.6) is 0 Å². The Labute approximate surface area is 291 Å². The van der Waals surface area contributed by atoms with Gasteiger partial charge >= 0.3 is 16.5 Å².